The topological polar surface area (TPSA) is 69.6 Å². The van der Waals surface area contributed by atoms with Gasteiger partial charge in [-0.05, 0) is 38.3 Å². The molecule has 0 spiro atoms. The molecule has 1 aliphatic heterocycles. The molecule has 2 aromatic rings. The number of fused-ring (bicyclic) bond motifs is 1. The zero-order chi connectivity index (χ0) is 18.9. The van der Waals surface area contributed by atoms with Gasteiger partial charge in [0.1, 0.15) is 0 Å². The predicted octanol–water partition coefficient (Wildman–Crippen LogP) is 2.80. The van der Waals surface area contributed by atoms with Gasteiger partial charge in [0.2, 0.25) is 5.91 Å². The molecule has 0 aliphatic carbocycles. The molecule has 1 aromatic carbocycles. The fraction of sp³-hybridized carbons (Fsp3) is 0.550. The largest absolute Gasteiger partial charge is 0.357 e. The first-order valence-corrected chi connectivity index (χ1v) is 10.7. The number of carbonyl (C=O) groups excluding carboxylic acids is 1. The highest BCUT2D eigenvalue weighted by molar-refractivity contribution is 7.18. The first-order valence-electron chi connectivity index (χ1n) is 9.90. The van der Waals surface area contributed by atoms with Crippen LogP contribution in [-0.4, -0.2) is 54.5 Å². The summed E-state index contributed by atoms with van der Waals surface area (Å²) in [6, 6.07) is 8.29. The second-order valence-electron chi connectivity index (χ2n) is 6.70. The Bertz CT molecular complexity index is 740. The molecule has 1 saturated heterocycles. The number of carbonyl (C=O) groups is 1. The van der Waals surface area contributed by atoms with Crippen LogP contribution in [0.25, 0.3) is 10.2 Å². The molecule has 0 bridgehead atoms. The number of thiazole rings is 1. The van der Waals surface area contributed by atoms with Crippen molar-refractivity contribution < 1.29 is 4.79 Å². The van der Waals surface area contributed by atoms with Crippen LogP contribution in [0.15, 0.2) is 29.3 Å². The van der Waals surface area contributed by atoms with Crippen LogP contribution in [0.2, 0.25) is 0 Å². The third-order valence-corrected chi connectivity index (χ3v) is 5.67. The number of aromatic nitrogens is 1. The van der Waals surface area contributed by atoms with Crippen molar-refractivity contribution in [1.29, 1.82) is 0 Å². The Morgan fingerprint density at radius 1 is 1.30 bits per heavy atom. The third kappa shape index (κ3) is 5.92. The number of aliphatic imine (C=N–C) groups is 1. The lowest BCUT2D eigenvalue weighted by atomic mass is 10.3. The Hall–Kier alpha value is -2.15. The van der Waals surface area contributed by atoms with Crippen LogP contribution in [0, 0.1) is 0 Å². The van der Waals surface area contributed by atoms with Crippen LogP contribution in [-0.2, 0) is 11.2 Å². The quantitative estimate of drug-likeness (QED) is 0.394. The molecule has 146 valence electrons. The van der Waals surface area contributed by atoms with E-state index >= 15 is 0 Å². The monoisotopic (exact) mass is 387 g/mol. The summed E-state index contributed by atoms with van der Waals surface area (Å²) >= 11 is 1.78. The van der Waals surface area contributed by atoms with E-state index in [2.05, 4.69) is 45.7 Å². The van der Waals surface area contributed by atoms with Crippen molar-refractivity contribution in [3.05, 3.63) is 29.3 Å². The number of amides is 1. The average molecular weight is 388 g/mol. The van der Waals surface area contributed by atoms with E-state index < -0.39 is 0 Å². The zero-order valence-corrected chi connectivity index (χ0v) is 16.9. The number of likely N-dealkylation sites (tertiary alicyclic amines) is 1. The minimum Gasteiger partial charge on any atom is -0.357 e. The average Bonchev–Trinajstić information content (AvgIpc) is 3.27. The standard InChI is InChI=1S/C20H29N5OS/c1-2-21-20(23-13-7-15-25-14-6-11-19(25)26)22-12-5-10-18-24-16-8-3-4-9-17(16)27-18/h3-4,8-9H,2,5-7,10-15H2,1H3,(H2,21,22,23). The molecular formula is C20H29N5OS. The predicted molar refractivity (Wildman–Crippen MR) is 112 cm³/mol. The van der Waals surface area contributed by atoms with Gasteiger partial charge in [0.15, 0.2) is 5.96 Å². The van der Waals surface area contributed by atoms with Gasteiger partial charge in [-0.25, -0.2) is 4.98 Å². The van der Waals surface area contributed by atoms with E-state index in [0.717, 1.165) is 69.9 Å². The van der Waals surface area contributed by atoms with Gasteiger partial charge in [0.05, 0.1) is 15.2 Å². The van der Waals surface area contributed by atoms with E-state index in [9.17, 15) is 4.79 Å². The second-order valence-corrected chi connectivity index (χ2v) is 7.82. The van der Waals surface area contributed by atoms with Crippen molar-refractivity contribution in [1.82, 2.24) is 20.5 Å². The molecule has 7 heteroatoms. The molecule has 0 unspecified atom stereocenters. The summed E-state index contributed by atoms with van der Waals surface area (Å²) in [4.78, 5) is 22.9. The van der Waals surface area contributed by atoms with Crippen molar-refractivity contribution in [2.24, 2.45) is 4.99 Å². The summed E-state index contributed by atoms with van der Waals surface area (Å²) in [5, 5.41) is 7.87. The van der Waals surface area contributed by atoms with Gasteiger partial charge < -0.3 is 15.5 Å². The van der Waals surface area contributed by atoms with Gasteiger partial charge in [0, 0.05) is 45.6 Å². The number of hydrogen-bond acceptors (Lipinski definition) is 4. The maximum absolute atomic E-state index is 11.6. The van der Waals surface area contributed by atoms with Crippen molar-refractivity contribution >= 4 is 33.4 Å². The molecule has 0 radical (unpaired) electrons. The van der Waals surface area contributed by atoms with Crippen LogP contribution in [0.3, 0.4) is 0 Å². The zero-order valence-electron chi connectivity index (χ0n) is 16.0. The highest BCUT2D eigenvalue weighted by Crippen LogP contribution is 2.22. The van der Waals surface area contributed by atoms with Gasteiger partial charge >= 0.3 is 0 Å². The number of para-hydroxylation sites is 1. The summed E-state index contributed by atoms with van der Waals surface area (Å²) in [6.07, 6.45) is 4.62. The Kier molecular flexibility index (Phi) is 7.45. The molecular weight excluding hydrogens is 358 g/mol. The molecule has 3 rings (SSSR count). The summed E-state index contributed by atoms with van der Waals surface area (Å²) in [6.45, 7) is 6.24. The Labute approximate surface area is 165 Å². The molecule has 1 amide bonds. The van der Waals surface area contributed by atoms with Crippen LogP contribution < -0.4 is 10.6 Å². The molecule has 1 aromatic heterocycles. The number of benzene rings is 1. The van der Waals surface area contributed by atoms with E-state index in [4.69, 9.17) is 0 Å². The number of rotatable bonds is 9. The molecule has 2 heterocycles. The SMILES string of the molecule is CCNC(=NCCCN1CCCC1=O)NCCCc1nc2ccccc2s1. The number of aryl methyl sites for hydroxylation is 1. The first-order chi connectivity index (χ1) is 13.3. The number of hydrogen-bond donors (Lipinski definition) is 2. The van der Waals surface area contributed by atoms with E-state index in [1.54, 1.807) is 11.3 Å². The van der Waals surface area contributed by atoms with Crippen molar-refractivity contribution in [3.63, 3.8) is 0 Å². The van der Waals surface area contributed by atoms with E-state index in [0.29, 0.717) is 12.3 Å². The van der Waals surface area contributed by atoms with Crippen LogP contribution >= 0.6 is 11.3 Å². The summed E-state index contributed by atoms with van der Waals surface area (Å²) in [5.74, 6) is 1.15. The highest BCUT2D eigenvalue weighted by atomic mass is 32.1. The Morgan fingerprint density at radius 2 is 2.19 bits per heavy atom. The normalized spacial score (nSPS) is 14.9. The third-order valence-electron chi connectivity index (χ3n) is 4.57. The number of guanidine groups is 1. The fourth-order valence-electron chi connectivity index (χ4n) is 3.21. The van der Waals surface area contributed by atoms with Crippen LogP contribution in [0.1, 0.15) is 37.6 Å². The highest BCUT2D eigenvalue weighted by Gasteiger charge is 2.18. The van der Waals surface area contributed by atoms with Crippen molar-refractivity contribution in [2.75, 3.05) is 32.7 Å². The second kappa shape index (κ2) is 10.3. The maximum atomic E-state index is 11.6. The van der Waals surface area contributed by atoms with E-state index in [-0.39, 0.29) is 0 Å². The smallest absolute Gasteiger partial charge is 0.222 e. The molecule has 0 atom stereocenters. The van der Waals surface area contributed by atoms with Gasteiger partial charge in [-0.15, -0.1) is 11.3 Å². The van der Waals surface area contributed by atoms with Crippen LogP contribution in [0.5, 0.6) is 0 Å². The van der Waals surface area contributed by atoms with Crippen LogP contribution in [0.4, 0.5) is 0 Å². The first kappa shape index (κ1) is 19.6. The van der Waals surface area contributed by atoms with Gasteiger partial charge in [0.25, 0.3) is 0 Å². The van der Waals surface area contributed by atoms with Gasteiger partial charge in [-0.3, -0.25) is 9.79 Å². The number of nitrogens with zero attached hydrogens (tertiary/aromatic N) is 3. The molecule has 6 nitrogen and oxygen atoms in total. The molecule has 1 fully saturated rings. The molecule has 1 aliphatic rings. The number of nitrogens with one attached hydrogen (secondary N) is 2. The summed E-state index contributed by atoms with van der Waals surface area (Å²) in [7, 11) is 0. The molecule has 2 N–H and O–H groups in total. The molecule has 27 heavy (non-hydrogen) atoms. The van der Waals surface area contributed by atoms with E-state index in [1.807, 2.05) is 11.0 Å². The van der Waals surface area contributed by atoms with Crippen molar-refractivity contribution in [3.8, 4) is 0 Å². The minimum absolute atomic E-state index is 0.291. The fourth-order valence-corrected chi connectivity index (χ4v) is 4.22. The van der Waals surface area contributed by atoms with Crippen molar-refractivity contribution in [2.45, 2.75) is 39.0 Å². The maximum Gasteiger partial charge on any atom is 0.222 e. The van der Waals surface area contributed by atoms with E-state index in [1.165, 1.54) is 9.71 Å². The molecule has 0 saturated carbocycles. The Balaban J connectivity index is 1.37. The van der Waals surface area contributed by atoms with Gasteiger partial charge in [-0.2, -0.15) is 0 Å². The minimum atomic E-state index is 0.291. The summed E-state index contributed by atoms with van der Waals surface area (Å²) < 4.78 is 1.26. The van der Waals surface area contributed by atoms with Gasteiger partial charge in [-0.1, -0.05) is 12.1 Å². The lowest BCUT2D eigenvalue weighted by molar-refractivity contribution is -0.127. The lowest BCUT2D eigenvalue weighted by Crippen LogP contribution is -2.38. The summed E-state index contributed by atoms with van der Waals surface area (Å²) in [5.41, 5.74) is 1.09. The Morgan fingerprint density at radius 3 is 2.96 bits per heavy atom. The lowest BCUT2D eigenvalue weighted by Gasteiger charge is -2.15.